The number of rotatable bonds is 8. The molecule has 1 rings (SSSR count). The smallest absolute Gasteiger partial charge is 0.306 e. The van der Waals surface area contributed by atoms with Crippen LogP contribution in [0.2, 0.25) is 0 Å². The second kappa shape index (κ2) is 7.83. The Kier molecular flexibility index (Phi) is 6.72. The van der Waals surface area contributed by atoms with Crippen LogP contribution >= 0.6 is 11.3 Å². The maximum atomic E-state index is 12.1. The highest BCUT2D eigenvalue weighted by Gasteiger charge is 2.23. The van der Waals surface area contributed by atoms with Crippen LogP contribution in [-0.4, -0.2) is 44.4 Å². The van der Waals surface area contributed by atoms with Crippen LogP contribution in [0.1, 0.15) is 36.2 Å². The third-order valence-corrected chi connectivity index (χ3v) is 5.86. The van der Waals surface area contributed by atoms with Crippen LogP contribution in [-0.2, 0) is 26.2 Å². The molecule has 1 aromatic rings. The van der Waals surface area contributed by atoms with Gasteiger partial charge in [-0.1, -0.05) is 6.92 Å². The molecular formula is C12H21N3O4S2. The first kappa shape index (κ1) is 18.0. The zero-order valence-electron chi connectivity index (χ0n) is 12.6. The molecule has 1 atom stereocenters. The molecule has 0 saturated heterocycles. The fourth-order valence-electron chi connectivity index (χ4n) is 1.52. The van der Waals surface area contributed by atoms with E-state index in [-0.39, 0.29) is 13.0 Å². The Bertz CT molecular complexity index is 571. The van der Waals surface area contributed by atoms with Crippen molar-refractivity contribution in [3.8, 4) is 0 Å². The van der Waals surface area contributed by atoms with Gasteiger partial charge in [-0.15, -0.1) is 11.3 Å². The van der Waals surface area contributed by atoms with Gasteiger partial charge < -0.3 is 4.74 Å². The lowest BCUT2D eigenvalue weighted by Gasteiger charge is -2.19. The third-order valence-electron chi connectivity index (χ3n) is 2.88. The van der Waals surface area contributed by atoms with Gasteiger partial charge in [0.25, 0.3) is 10.2 Å². The second-order valence-electron chi connectivity index (χ2n) is 4.51. The highest BCUT2D eigenvalue weighted by molar-refractivity contribution is 7.87. The number of nitrogens with one attached hydrogen (secondary N) is 1. The fraction of sp³-hybridized carbons (Fsp3) is 0.667. The van der Waals surface area contributed by atoms with Crippen molar-refractivity contribution in [2.75, 3.05) is 20.7 Å². The van der Waals surface area contributed by atoms with E-state index in [1.165, 1.54) is 25.5 Å². The molecule has 0 saturated carbocycles. The van der Waals surface area contributed by atoms with E-state index in [9.17, 15) is 13.2 Å². The number of carbonyl (C=O) groups excluding carboxylic acids is 1. The first-order valence-electron chi connectivity index (χ1n) is 6.55. The molecule has 0 radical (unpaired) electrons. The van der Waals surface area contributed by atoms with Gasteiger partial charge in [-0.2, -0.15) is 17.4 Å². The number of hydrogen-bond donors (Lipinski definition) is 1. The van der Waals surface area contributed by atoms with Gasteiger partial charge in [0, 0.05) is 24.7 Å². The number of thiazole rings is 1. The molecule has 0 aliphatic heterocycles. The minimum atomic E-state index is -3.67. The summed E-state index contributed by atoms with van der Waals surface area (Å²) in [6.07, 6.45) is 2.64. The average molecular weight is 335 g/mol. The predicted molar refractivity (Wildman–Crippen MR) is 81.2 cm³/mol. The molecule has 0 aromatic carbocycles. The summed E-state index contributed by atoms with van der Waals surface area (Å²) in [6.45, 7) is 3.82. The van der Waals surface area contributed by atoms with E-state index in [1.807, 2.05) is 6.92 Å². The van der Waals surface area contributed by atoms with E-state index in [1.54, 1.807) is 13.1 Å². The van der Waals surface area contributed by atoms with Crippen molar-refractivity contribution in [1.82, 2.24) is 14.0 Å². The van der Waals surface area contributed by atoms with E-state index in [4.69, 9.17) is 0 Å². The minimum Gasteiger partial charge on any atom is -0.469 e. The van der Waals surface area contributed by atoms with Gasteiger partial charge in [-0.05, 0) is 13.3 Å². The summed E-state index contributed by atoms with van der Waals surface area (Å²) >= 11 is 1.48. The summed E-state index contributed by atoms with van der Waals surface area (Å²) in [7, 11) is -0.984. The number of hydrogen-bond acceptors (Lipinski definition) is 6. The van der Waals surface area contributed by atoms with E-state index in [0.29, 0.717) is 0 Å². The molecule has 0 spiro atoms. The van der Waals surface area contributed by atoms with Gasteiger partial charge in [0.1, 0.15) is 5.01 Å². The quantitative estimate of drug-likeness (QED) is 0.719. The Balaban J connectivity index is 2.63. The number of nitrogens with zero attached hydrogens (tertiary/aromatic N) is 2. The number of ether oxygens (including phenoxy) is 1. The molecule has 1 N–H and O–H groups in total. The highest BCUT2D eigenvalue weighted by Crippen LogP contribution is 2.21. The number of esters is 1. The Labute approximate surface area is 129 Å². The Morgan fingerprint density at radius 3 is 2.76 bits per heavy atom. The molecule has 0 fully saturated rings. The van der Waals surface area contributed by atoms with Gasteiger partial charge in [-0.25, -0.2) is 4.98 Å². The van der Waals surface area contributed by atoms with Crippen LogP contribution in [0.25, 0.3) is 0 Å². The molecule has 7 nitrogen and oxygen atoms in total. The summed E-state index contributed by atoms with van der Waals surface area (Å²) in [5.74, 6) is -0.447. The highest BCUT2D eigenvalue weighted by atomic mass is 32.2. The van der Waals surface area contributed by atoms with E-state index in [0.717, 1.165) is 20.6 Å². The topological polar surface area (TPSA) is 88.6 Å². The molecule has 21 heavy (non-hydrogen) atoms. The number of aromatic nitrogens is 1. The maximum absolute atomic E-state index is 12.1. The van der Waals surface area contributed by atoms with Crippen molar-refractivity contribution < 1.29 is 17.9 Å². The van der Waals surface area contributed by atoms with Crippen molar-refractivity contribution in [3.05, 3.63) is 16.1 Å². The lowest BCUT2D eigenvalue weighted by atomic mass is 10.4. The van der Waals surface area contributed by atoms with Crippen molar-refractivity contribution in [3.63, 3.8) is 0 Å². The zero-order valence-corrected chi connectivity index (χ0v) is 14.3. The molecule has 0 aliphatic rings. The Morgan fingerprint density at radius 2 is 2.24 bits per heavy atom. The van der Waals surface area contributed by atoms with Gasteiger partial charge in [0.2, 0.25) is 0 Å². The first-order valence-corrected chi connectivity index (χ1v) is 8.80. The molecule has 120 valence electrons. The lowest BCUT2D eigenvalue weighted by molar-refractivity contribution is -0.140. The van der Waals surface area contributed by atoms with Crippen LogP contribution in [0.3, 0.4) is 0 Å². The largest absolute Gasteiger partial charge is 0.469 e. The van der Waals surface area contributed by atoms with E-state index < -0.39 is 22.2 Å². The average Bonchev–Trinajstić information content (AvgIpc) is 2.92. The minimum absolute atomic E-state index is 0.0134. The van der Waals surface area contributed by atoms with Crippen LogP contribution in [0, 0.1) is 0 Å². The van der Waals surface area contributed by atoms with Gasteiger partial charge in [-0.3, -0.25) is 4.79 Å². The fourth-order valence-corrected chi connectivity index (χ4v) is 3.53. The third kappa shape index (κ3) is 5.34. The van der Waals surface area contributed by atoms with Crippen molar-refractivity contribution >= 4 is 27.5 Å². The van der Waals surface area contributed by atoms with Crippen LogP contribution in [0.4, 0.5) is 0 Å². The second-order valence-corrected chi connectivity index (χ2v) is 7.47. The van der Waals surface area contributed by atoms with Gasteiger partial charge >= 0.3 is 5.97 Å². The van der Waals surface area contributed by atoms with Gasteiger partial charge in [0.05, 0.1) is 19.6 Å². The first-order chi connectivity index (χ1) is 9.80. The standard InChI is InChI=1S/C12H21N3O4S2/c1-5-10-8-13-12(20-10)9(2)14-21(17,18)15(3)7-6-11(16)19-4/h8-9,14H,5-7H2,1-4H3. The molecule has 1 aromatic heterocycles. The normalized spacial score (nSPS) is 13.4. The molecule has 9 heteroatoms. The van der Waals surface area contributed by atoms with E-state index in [2.05, 4.69) is 14.4 Å². The summed E-state index contributed by atoms with van der Waals surface area (Å²) in [5.41, 5.74) is 0. The van der Waals surface area contributed by atoms with Gasteiger partial charge in [0.15, 0.2) is 0 Å². The number of methoxy groups -OCH3 is 1. The van der Waals surface area contributed by atoms with Crippen molar-refractivity contribution in [2.45, 2.75) is 32.7 Å². The SMILES string of the molecule is CCc1cnc(C(C)NS(=O)(=O)N(C)CCC(=O)OC)s1. The molecule has 1 unspecified atom stereocenters. The van der Waals surface area contributed by atoms with Crippen LogP contribution in [0.5, 0.6) is 0 Å². The molecular weight excluding hydrogens is 314 g/mol. The zero-order chi connectivity index (χ0) is 16.0. The molecule has 1 heterocycles. The van der Waals surface area contributed by atoms with Crippen LogP contribution in [0.15, 0.2) is 6.20 Å². The number of carbonyl (C=O) groups is 1. The predicted octanol–water partition coefficient (Wildman–Crippen LogP) is 1.10. The summed E-state index contributed by atoms with van der Waals surface area (Å²) in [4.78, 5) is 16.4. The summed E-state index contributed by atoms with van der Waals surface area (Å²) in [5, 5.41) is 0.719. The Hall–Kier alpha value is -1.03. The molecule has 0 aliphatic carbocycles. The van der Waals surface area contributed by atoms with Crippen molar-refractivity contribution in [1.29, 1.82) is 0 Å². The lowest BCUT2D eigenvalue weighted by Crippen LogP contribution is -2.40. The van der Waals surface area contributed by atoms with Crippen molar-refractivity contribution in [2.24, 2.45) is 0 Å². The molecule has 0 amide bonds. The van der Waals surface area contributed by atoms with E-state index >= 15 is 0 Å². The Morgan fingerprint density at radius 1 is 1.57 bits per heavy atom. The molecule has 0 bridgehead atoms. The maximum Gasteiger partial charge on any atom is 0.306 e. The van der Waals surface area contributed by atoms with Crippen LogP contribution < -0.4 is 4.72 Å². The summed E-state index contributed by atoms with van der Waals surface area (Å²) in [6, 6.07) is -0.416. The monoisotopic (exact) mass is 335 g/mol. The summed E-state index contributed by atoms with van der Waals surface area (Å²) < 4.78 is 32.4. The number of aryl methyl sites for hydroxylation is 1.